The van der Waals surface area contributed by atoms with Crippen molar-refractivity contribution in [3.8, 4) is 11.8 Å². The van der Waals surface area contributed by atoms with Crippen molar-refractivity contribution in [3.05, 3.63) is 64.2 Å². The first-order valence-corrected chi connectivity index (χ1v) is 6.41. The number of nitrogens with zero attached hydrogens (tertiary/aromatic N) is 1. The first-order valence-electron chi connectivity index (χ1n) is 6.03. The minimum absolute atomic E-state index is 0.361. The molecule has 0 aromatic heterocycles. The van der Waals surface area contributed by atoms with Crippen LogP contribution < -0.4 is 4.74 Å². The Bertz CT molecular complexity index is 579. The molecule has 0 unspecified atom stereocenters. The van der Waals surface area contributed by atoms with Crippen molar-refractivity contribution in [1.29, 1.82) is 5.26 Å². The molecule has 2 aromatic rings. The lowest BCUT2D eigenvalue weighted by atomic mass is 10.1. The Morgan fingerprint density at radius 3 is 2.53 bits per heavy atom. The van der Waals surface area contributed by atoms with E-state index in [0.717, 1.165) is 16.7 Å². The van der Waals surface area contributed by atoms with Gasteiger partial charge < -0.3 is 4.74 Å². The van der Waals surface area contributed by atoms with Crippen molar-refractivity contribution in [2.45, 2.75) is 20.0 Å². The molecule has 2 nitrogen and oxygen atoms in total. The Balaban J connectivity index is 2.15. The fraction of sp³-hybridized carbons (Fsp3) is 0.188. The van der Waals surface area contributed by atoms with E-state index in [2.05, 4.69) is 6.07 Å². The van der Waals surface area contributed by atoms with E-state index in [-0.39, 0.29) is 0 Å². The molecule has 19 heavy (non-hydrogen) atoms. The van der Waals surface area contributed by atoms with Crippen LogP contribution in [0, 0.1) is 18.3 Å². The van der Waals surface area contributed by atoms with Gasteiger partial charge in [-0.2, -0.15) is 5.26 Å². The van der Waals surface area contributed by atoms with E-state index in [1.54, 1.807) is 6.07 Å². The van der Waals surface area contributed by atoms with Crippen molar-refractivity contribution < 1.29 is 4.74 Å². The normalized spacial score (nSPS) is 9.95. The number of halogens is 1. The molecule has 3 heteroatoms. The number of hydrogen-bond acceptors (Lipinski definition) is 2. The quantitative estimate of drug-likeness (QED) is 0.831. The lowest BCUT2D eigenvalue weighted by Gasteiger charge is -2.12. The summed E-state index contributed by atoms with van der Waals surface area (Å²) in [7, 11) is 0. The van der Waals surface area contributed by atoms with E-state index in [4.69, 9.17) is 21.6 Å². The Morgan fingerprint density at radius 2 is 1.89 bits per heavy atom. The van der Waals surface area contributed by atoms with Gasteiger partial charge in [0.05, 0.1) is 17.5 Å². The molecule has 0 atom stereocenters. The Labute approximate surface area is 118 Å². The van der Waals surface area contributed by atoms with Gasteiger partial charge in [-0.15, -0.1) is 0 Å². The molecular formula is C16H14ClNO. The molecule has 0 spiro atoms. The zero-order valence-electron chi connectivity index (χ0n) is 10.7. The molecule has 0 aliphatic heterocycles. The molecular weight excluding hydrogens is 258 g/mol. The van der Waals surface area contributed by atoms with Crippen molar-refractivity contribution in [2.75, 3.05) is 0 Å². The summed E-state index contributed by atoms with van der Waals surface area (Å²) in [4.78, 5) is 0. The van der Waals surface area contributed by atoms with Gasteiger partial charge in [-0.05, 0) is 29.7 Å². The SMILES string of the molecule is Cc1cc(CC#N)cc(Cl)c1OCc1ccccc1. The molecule has 0 amide bonds. The highest BCUT2D eigenvalue weighted by molar-refractivity contribution is 6.32. The summed E-state index contributed by atoms with van der Waals surface area (Å²) in [5.41, 5.74) is 2.96. The smallest absolute Gasteiger partial charge is 0.141 e. The molecule has 0 fully saturated rings. The minimum atomic E-state index is 0.361. The topological polar surface area (TPSA) is 33.0 Å². The van der Waals surface area contributed by atoms with Gasteiger partial charge >= 0.3 is 0 Å². The molecule has 96 valence electrons. The van der Waals surface area contributed by atoms with Crippen LogP contribution in [0.5, 0.6) is 5.75 Å². The molecule has 0 aliphatic carbocycles. The van der Waals surface area contributed by atoms with Gasteiger partial charge in [0.25, 0.3) is 0 Å². The standard InChI is InChI=1S/C16H14ClNO/c1-12-9-14(7-8-18)10-15(17)16(12)19-11-13-5-3-2-4-6-13/h2-6,9-10H,7,11H2,1H3. The zero-order chi connectivity index (χ0) is 13.7. The Morgan fingerprint density at radius 1 is 1.16 bits per heavy atom. The molecule has 0 radical (unpaired) electrons. The maximum absolute atomic E-state index is 8.70. The fourth-order valence-corrected chi connectivity index (χ4v) is 2.25. The van der Waals surface area contributed by atoms with Crippen molar-refractivity contribution in [1.82, 2.24) is 0 Å². The van der Waals surface area contributed by atoms with Crippen LogP contribution in [-0.4, -0.2) is 0 Å². The maximum Gasteiger partial charge on any atom is 0.141 e. The summed E-state index contributed by atoms with van der Waals surface area (Å²) < 4.78 is 5.77. The number of rotatable bonds is 4. The van der Waals surface area contributed by atoms with Gasteiger partial charge in [0.2, 0.25) is 0 Å². The minimum Gasteiger partial charge on any atom is -0.487 e. The highest BCUT2D eigenvalue weighted by Crippen LogP contribution is 2.30. The number of ether oxygens (including phenoxy) is 1. The maximum atomic E-state index is 8.70. The molecule has 0 aliphatic rings. The van der Waals surface area contributed by atoms with Crippen LogP contribution in [0.25, 0.3) is 0 Å². The van der Waals surface area contributed by atoms with Crippen LogP contribution in [0.15, 0.2) is 42.5 Å². The summed E-state index contributed by atoms with van der Waals surface area (Å²) in [6.45, 7) is 2.42. The fourth-order valence-electron chi connectivity index (χ4n) is 1.91. The second-order valence-electron chi connectivity index (χ2n) is 4.33. The van der Waals surface area contributed by atoms with Gasteiger partial charge in [0, 0.05) is 0 Å². The average molecular weight is 272 g/mol. The highest BCUT2D eigenvalue weighted by Gasteiger charge is 2.08. The number of hydrogen-bond donors (Lipinski definition) is 0. The van der Waals surface area contributed by atoms with Gasteiger partial charge in [0.1, 0.15) is 12.4 Å². The highest BCUT2D eigenvalue weighted by atomic mass is 35.5. The van der Waals surface area contributed by atoms with Gasteiger partial charge in [-0.3, -0.25) is 0 Å². The zero-order valence-corrected chi connectivity index (χ0v) is 11.4. The summed E-state index contributed by atoms with van der Waals surface area (Å²) in [6.07, 6.45) is 0.361. The van der Waals surface area contributed by atoms with Crippen LogP contribution in [0.4, 0.5) is 0 Å². The van der Waals surface area contributed by atoms with Crippen LogP contribution in [0.1, 0.15) is 16.7 Å². The van der Waals surface area contributed by atoms with Gasteiger partial charge in [0.15, 0.2) is 0 Å². The summed E-state index contributed by atoms with van der Waals surface area (Å²) in [5.74, 6) is 0.687. The molecule has 0 N–H and O–H groups in total. The van der Waals surface area contributed by atoms with Gasteiger partial charge in [-0.1, -0.05) is 48.0 Å². The third-order valence-corrected chi connectivity index (χ3v) is 3.08. The van der Waals surface area contributed by atoms with Crippen LogP contribution in [0.3, 0.4) is 0 Å². The third-order valence-electron chi connectivity index (χ3n) is 2.80. The predicted molar refractivity (Wildman–Crippen MR) is 76.3 cm³/mol. The Kier molecular flexibility index (Phi) is 4.43. The molecule has 0 saturated heterocycles. The van der Waals surface area contributed by atoms with E-state index in [1.807, 2.05) is 43.3 Å². The third kappa shape index (κ3) is 3.49. The van der Waals surface area contributed by atoms with E-state index in [0.29, 0.717) is 23.8 Å². The van der Waals surface area contributed by atoms with Crippen molar-refractivity contribution in [2.24, 2.45) is 0 Å². The number of nitriles is 1. The van der Waals surface area contributed by atoms with E-state index in [9.17, 15) is 0 Å². The number of benzene rings is 2. The largest absolute Gasteiger partial charge is 0.487 e. The Hall–Kier alpha value is -1.98. The van der Waals surface area contributed by atoms with Crippen LogP contribution in [0.2, 0.25) is 5.02 Å². The summed E-state index contributed by atoms with van der Waals surface area (Å²) >= 11 is 6.20. The summed E-state index contributed by atoms with van der Waals surface area (Å²) in [6, 6.07) is 15.8. The summed E-state index contributed by atoms with van der Waals surface area (Å²) in [5, 5.41) is 9.26. The average Bonchev–Trinajstić information content (AvgIpc) is 2.39. The predicted octanol–water partition coefficient (Wildman–Crippen LogP) is 4.29. The van der Waals surface area contributed by atoms with E-state index in [1.165, 1.54) is 0 Å². The second kappa shape index (κ2) is 6.26. The first-order chi connectivity index (χ1) is 9.20. The molecule has 0 saturated carbocycles. The lowest BCUT2D eigenvalue weighted by Crippen LogP contribution is -1.98. The number of aryl methyl sites for hydroxylation is 1. The van der Waals surface area contributed by atoms with Crippen molar-refractivity contribution in [3.63, 3.8) is 0 Å². The van der Waals surface area contributed by atoms with Crippen molar-refractivity contribution >= 4 is 11.6 Å². The van der Waals surface area contributed by atoms with E-state index >= 15 is 0 Å². The first kappa shape index (κ1) is 13.5. The monoisotopic (exact) mass is 271 g/mol. The van der Waals surface area contributed by atoms with Crippen LogP contribution in [-0.2, 0) is 13.0 Å². The molecule has 2 rings (SSSR count). The van der Waals surface area contributed by atoms with Gasteiger partial charge in [-0.25, -0.2) is 0 Å². The molecule has 2 aromatic carbocycles. The second-order valence-corrected chi connectivity index (χ2v) is 4.74. The van der Waals surface area contributed by atoms with E-state index < -0.39 is 0 Å². The molecule has 0 bridgehead atoms. The lowest BCUT2D eigenvalue weighted by molar-refractivity contribution is 0.304. The van der Waals surface area contributed by atoms with Crippen LogP contribution >= 0.6 is 11.6 Å². The molecule has 0 heterocycles.